The Balaban J connectivity index is 1.96. The number of aliphatic hydroxyl groups is 1. The zero-order valence-electron chi connectivity index (χ0n) is 9.95. The van der Waals surface area contributed by atoms with Crippen molar-refractivity contribution in [2.24, 2.45) is 0 Å². The van der Waals surface area contributed by atoms with Gasteiger partial charge in [0.1, 0.15) is 5.60 Å². The summed E-state index contributed by atoms with van der Waals surface area (Å²) < 4.78 is 0. The second-order valence-electron chi connectivity index (χ2n) is 4.42. The maximum Gasteiger partial charge on any atom is 0.103 e. The largest absolute Gasteiger partial charge is 0.384 e. The minimum atomic E-state index is -1.06. The van der Waals surface area contributed by atoms with Crippen molar-refractivity contribution in [3.63, 3.8) is 0 Å². The molecule has 0 atom stereocenters. The van der Waals surface area contributed by atoms with E-state index in [2.05, 4.69) is 0 Å². The number of hydrogen-bond acceptors (Lipinski definition) is 1. The van der Waals surface area contributed by atoms with Crippen LogP contribution < -0.4 is 0 Å². The monoisotopic (exact) mass is 234 g/mol. The first-order valence-corrected chi connectivity index (χ1v) is 6.04. The fourth-order valence-electron chi connectivity index (χ4n) is 2.41. The predicted octanol–water partition coefficient (Wildman–Crippen LogP) is 2.68. The molecule has 1 aromatic carbocycles. The molecule has 0 amide bonds. The van der Waals surface area contributed by atoms with E-state index in [0.717, 1.165) is 17.4 Å². The van der Waals surface area contributed by atoms with Crippen LogP contribution in [0.1, 0.15) is 5.56 Å². The summed E-state index contributed by atoms with van der Waals surface area (Å²) in [6.45, 7) is 0. The summed E-state index contributed by atoms with van der Waals surface area (Å²) in [5.74, 6) is 1.81. The molecular weight excluding hydrogens is 220 g/mol. The van der Waals surface area contributed by atoms with Crippen LogP contribution in [0.15, 0.2) is 30.3 Å². The number of rotatable bonds is 3. The molecule has 0 heterocycles. The molecule has 3 rings (SSSR count). The molecule has 1 aromatic rings. The van der Waals surface area contributed by atoms with Crippen molar-refractivity contribution in [3.05, 3.63) is 99.1 Å². The van der Waals surface area contributed by atoms with Crippen LogP contribution in [0, 0.1) is 63.2 Å². The second-order valence-corrected chi connectivity index (χ2v) is 4.42. The first kappa shape index (κ1) is 12.2. The van der Waals surface area contributed by atoms with Crippen LogP contribution in [0.3, 0.4) is 0 Å². The molecule has 2 fully saturated rings. The summed E-state index contributed by atoms with van der Waals surface area (Å²) in [5.41, 5.74) is -0.170. The molecule has 0 bridgehead atoms. The lowest BCUT2D eigenvalue weighted by atomic mass is 9.71. The molecule has 10 radical (unpaired) electrons. The maximum absolute atomic E-state index is 11.2. The lowest BCUT2D eigenvalue weighted by Gasteiger charge is -2.38. The molecule has 0 unspecified atom stereocenters. The fraction of sp³-hybridized carbons (Fsp3) is 0.0588. The molecule has 0 aliphatic heterocycles. The summed E-state index contributed by atoms with van der Waals surface area (Å²) in [4.78, 5) is 0. The molecule has 2 aliphatic rings. The lowest BCUT2D eigenvalue weighted by molar-refractivity contribution is 0.0840. The molecule has 1 nitrogen and oxygen atoms in total. The van der Waals surface area contributed by atoms with E-state index in [-0.39, 0.29) is 0 Å². The Labute approximate surface area is 110 Å². The Bertz CT molecular complexity index is 356. The molecule has 88 valence electrons. The van der Waals surface area contributed by atoms with Gasteiger partial charge in [0.25, 0.3) is 0 Å². The zero-order chi connectivity index (χ0) is 12.4. The van der Waals surface area contributed by atoms with Gasteiger partial charge in [0.15, 0.2) is 0 Å². The van der Waals surface area contributed by atoms with Crippen LogP contribution in [0.4, 0.5) is 0 Å². The van der Waals surface area contributed by atoms with Gasteiger partial charge in [-0.3, -0.25) is 0 Å². The van der Waals surface area contributed by atoms with Gasteiger partial charge in [-0.1, -0.05) is 30.3 Å². The Morgan fingerprint density at radius 1 is 0.667 bits per heavy atom. The summed E-state index contributed by atoms with van der Waals surface area (Å²) in [6, 6.07) is 9.78. The molecule has 1 N–H and O–H groups in total. The Hall–Kier alpha value is -0.820. The van der Waals surface area contributed by atoms with E-state index in [1.54, 1.807) is 0 Å². The van der Waals surface area contributed by atoms with Gasteiger partial charge in [-0.15, -0.1) is 0 Å². The highest BCUT2D eigenvalue weighted by Gasteiger charge is 2.48. The average molecular weight is 234 g/mol. The van der Waals surface area contributed by atoms with Gasteiger partial charge in [0.2, 0.25) is 0 Å². The second kappa shape index (κ2) is 5.05. The maximum atomic E-state index is 11.2. The standard InChI is InChI=1S/C17H14O/c18-17(15-10-4-5-11-15,16-12-6-7-13-16)14-8-2-1-3-9-14/h1-13,18H. The van der Waals surface area contributed by atoms with Gasteiger partial charge < -0.3 is 5.11 Å². The lowest BCUT2D eigenvalue weighted by Crippen LogP contribution is -2.38. The zero-order valence-corrected chi connectivity index (χ0v) is 9.95. The van der Waals surface area contributed by atoms with E-state index in [4.69, 9.17) is 0 Å². The van der Waals surface area contributed by atoms with Crippen molar-refractivity contribution in [2.75, 3.05) is 0 Å². The van der Waals surface area contributed by atoms with Gasteiger partial charge in [0.05, 0.1) is 0 Å². The Morgan fingerprint density at radius 3 is 1.56 bits per heavy atom. The van der Waals surface area contributed by atoms with Crippen LogP contribution >= 0.6 is 0 Å². The molecule has 0 spiro atoms. The van der Waals surface area contributed by atoms with E-state index in [0.29, 0.717) is 0 Å². The van der Waals surface area contributed by atoms with Crippen molar-refractivity contribution in [1.29, 1.82) is 0 Å². The highest BCUT2D eigenvalue weighted by molar-refractivity contribution is 5.56. The molecule has 2 saturated carbocycles. The number of benzene rings is 1. The molecule has 0 aromatic heterocycles. The van der Waals surface area contributed by atoms with Gasteiger partial charge in [-0.25, -0.2) is 0 Å². The SMILES string of the molecule is OC([C]1[CH][CH][CH][CH]1)([C]1[CH][CH][CH][CH]1)c1ccccc1. The third-order valence-corrected chi connectivity index (χ3v) is 3.35. The first-order valence-electron chi connectivity index (χ1n) is 6.04. The van der Waals surface area contributed by atoms with E-state index >= 15 is 0 Å². The Morgan fingerprint density at radius 2 is 1.11 bits per heavy atom. The molecular formula is C17H14O. The van der Waals surface area contributed by atoms with Crippen LogP contribution in [0.25, 0.3) is 0 Å². The Kier molecular flexibility index (Phi) is 3.43. The van der Waals surface area contributed by atoms with Crippen molar-refractivity contribution in [1.82, 2.24) is 0 Å². The third-order valence-electron chi connectivity index (χ3n) is 3.35. The summed E-state index contributed by atoms with van der Waals surface area (Å²) in [6.07, 6.45) is 15.6. The van der Waals surface area contributed by atoms with Crippen molar-refractivity contribution < 1.29 is 5.11 Å². The molecule has 1 heteroatoms. The van der Waals surface area contributed by atoms with E-state index < -0.39 is 5.60 Å². The number of hydrogen-bond donors (Lipinski definition) is 1. The average Bonchev–Trinajstić information content (AvgIpc) is 3.12. The van der Waals surface area contributed by atoms with E-state index in [1.807, 2.05) is 81.7 Å². The van der Waals surface area contributed by atoms with Gasteiger partial charge in [-0.2, -0.15) is 0 Å². The van der Waals surface area contributed by atoms with Crippen LogP contribution in [0.2, 0.25) is 0 Å². The third kappa shape index (κ3) is 1.99. The van der Waals surface area contributed by atoms with Crippen molar-refractivity contribution in [3.8, 4) is 0 Å². The quantitative estimate of drug-likeness (QED) is 0.852. The smallest absolute Gasteiger partial charge is 0.103 e. The van der Waals surface area contributed by atoms with E-state index in [1.165, 1.54) is 0 Å². The summed E-state index contributed by atoms with van der Waals surface area (Å²) in [5, 5.41) is 11.2. The fourth-order valence-corrected chi connectivity index (χ4v) is 2.41. The van der Waals surface area contributed by atoms with Gasteiger partial charge in [0, 0.05) is 11.8 Å². The van der Waals surface area contributed by atoms with Crippen LogP contribution in [-0.2, 0) is 5.60 Å². The molecule has 18 heavy (non-hydrogen) atoms. The highest BCUT2D eigenvalue weighted by atomic mass is 16.3. The van der Waals surface area contributed by atoms with Gasteiger partial charge >= 0.3 is 0 Å². The minimum absolute atomic E-state index is 0.891. The van der Waals surface area contributed by atoms with Crippen LogP contribution in [-0.4, -0.2) is 5.11 Å². The highest BCUT2D eigenvalue weighted by Crippen LogP contribution is 2.50. The summed E-state index contributed by atoms with van der Waals surface area (Å²) >= 11 is 0. The van der Waals surface area contributed by atoms with Gasteiger partial charge in [-0.05, 0) is 56.9 Å². The van der Waals surface area contributed by atoms with Crippen molar-refractivity contribution >= 4 is 0 Å². The summed E-state index contributed by atoms with van der Waals surface area (Å²) in [7, 11) is 0. The molecule has 0 saturated heterocycles. The van der Waals surface area contributed by atoms with Crippen molar-refractivity contribution in [2.45, 2.75) is 5.60 Å². The molecule has 2 aliphatic carbocycles. The normalized spacial score (nSPS) is 22.7. The minimum Gasteiger partial charge on any atom is -0.384 e. The van der Waals surface area contributed by atoms with Crippen LogP contribution in [0.5, 0.6) is 0 Å². The predicted molar refractivity (Wildman–Crippen MR) is 71.2 cm³/mol. The van der Waals surface area contributed by atoms with E-state index in [9.17, 15) is 5.11 Å². The first-order chi connectivity index (χ1) is 8.82. The topological polar surface area (TPSA) is 20.2 Å².